The molecule has 31 heteroatoms. The standard InChI is InChI=1S/C50H88N10O21/c1-6-17-73-23-25-77-26-24-74-18-11-9-10-12-39(66)60(15-21-75-19-13-58(7-2)49(71)80-42(35(64)29-61)41-31(4)33(56-47(51)52)27-37(78-41)45(67)68)16-22-76-20-14-59(8-3)50(72)81-43(36(65)30-62)44-40(55-32(5)63)34(57-48(53)54)28-38(79-44)46(69)70/h27-28,31,33-36,40-44,61-62,64-65H,6-26,29-30H2,1-5H3,(H,55,63)(H,67,68)(H,69,70)(H4,51,52,56)(H4,53,54,57)/t31-,33+,34+,35-,36-,40-,41-,42-,43-,44-/m1/s1. The fourth-order valence-corrected chi connectivity index (χ4v) is 8.25. The average Bonchev–Trinajstić information content (AvgIpc) is 3.43. The van der Waals surface area contributed by atoms with Crippen molar-refractivity contribution in [2.75, 3.05) is 119 Å². The molecule has 2 rings (SSSR count). The van der Waals surface area contributed by atoms with Crippen molar-refractivity contribution in [2.45, 2.75) is 121 Å². The zero-order valence-electron chi connectivity index (χ0n) is 47.0. The Balaban J connectivity index is 2.11. The lowest BCUT2D eigenvalue weighted by Crippen LogP contribution is -2.61. The molecule has 31 nitrogen and oxygen atoms in total. The molecule has 10 atom stereocenters. The Hall–Kier alpha value is -6.32. The Morgan fingerprint density at radius 1 is 0.605 bits per heavy atom. The van der Waals surface area contributed by atoms with E-state index < -0.39 is 121 Å². The summed E-state index contributed by atoms with van der Waals surface area (Å²) in [6.07, 6.45) is -6.46. The van der Waals surface area contributed by atoms with Crippen molar-refractivity contribution in [1.82, 2.24) is 20.0 Å². The van der Waals surface area contributed by atoms with E-state index in [0.29, 0.717) is 58.9 Å². The highest BCUT2D eigenvalue weighted by Crippen LogP contribution is 2.31. The molecule has 2 aliphatic rings. The molecule has 464 valence electrons. The molecule has 81 heavy (non-hydrogen) atoms. The summed E-state index contributed by atoms with van der Waals surface area (Å²) in [5.41, 5.74) is 22.3. The number of aliphatic hydroxyl groups excluding tert-OH is 4. The summed E-state index contributed by atoms with van der Waals surface area (Å²) in [6, 6.07) is -3.48. The van der Waals surface area contributed by atoms with Gasteiger partial charge in [-0.1, -0.05) is 20.3 Å². The summed E-state index contributed by atoms with van der Waals surface area (Å²) in [4.78, 5) is 89.0. The van der Waals surface area contributed by atoms with Crippen molar-refractivity contribution in [3.63, 3.8) is 0 Å². The molecule has 0 unspecified atom stereocenters. The molecule has 0 saturated heterocycles. The van der Waals surface area contributed by atoms with Crippen LogP contribution >= 0.6 is 0 Å². The monoisotopic (exact) mass is 1160 g/mol. The molecule has 2 heterocycles. The molecule has 0 aliphatic carbocycles. The molecule has 0 radical (unpaired) electrons. The first-order valence-electron chi connectivity index (χ1n) is 27.0. The van der Waals surface area contributed by atoms with Gasteiger partial charge in [-0.25, -0.2) is 29.2 Å². The lowest BCUT2D eigenvalue weighted by Gasteiger charge is -2.40. The predicted molar refractivity (Wildman–Crippen MR) is 288 cm³/mol. The molecular weight excluding hydrogens is 1080 g/mol. The minimum Gasteiger partial charge on any atom is -0.479 e. The van der Waals surface area contributed by atoms with Crippen LogP contribution in [0, 0.1) is 5.92 Å². The molecule has 0 aromatic heterocycles. The third-order valence-corrected chi connectivity index (χ3v) is 12.5. The van der Waals surface area contributed by atoms with Gasteiger partial charge in [0.05, 0.1) is 84.2 Å². The van der Waals surface area contributed by atoms with E-state index in [1.54, 1.807) is 25.7 Å². The average molecular weight is 1170 g/mol. The topological polar surface area (TPSA) is 457 Å². The highest BCUT2D eigenvalue weighted by Gasteiger charge is 2.47. The maximum atomic E-state index is 13.6. The summed E-state index contributed by atoms with van der Waals surface area (Å²) in [6.45, 7) is 9.42. The van der Waals surface area contributed by atoms with Crippen LogP contribution in [0.5, 0.6) is 0 Å². The Bertz CT molecular complexity index is 2050. The number of aliphatic hydroxyl groups is 4. The summed E-state index contributed by atoms with van der Waals surface area (Å²) in [7, 11) is 0. The van der Waals surface area contributed by atoms with E-state index in [0.717, 1.165) is 19.4 Å². The van der Waals surface area contributed by atoms with E-state index in [4.69, 9.17) is 65.6 Å². The molecule has 0 fully saturated rings. The number of nitrogens with two attached hydrogens (primary N) is 4. The molecule has 0 bridgehead atoms. The molecule has 15 N–H and O–H groups in total. The zero-order chi connectivity index (χ0) is 60.4. The number of aliphatic carboxylic acids is 2. The maximum Gasteiger partial charge on any atom is 0.410 e. The van der Waals surface area contributed by atoms with E-state index >= 15 is 0 Å². The van der Waals surface area contributed by atoms with Crippen molar-refractivity contribution in [1.29, 1.82) is 0 Å². The number of nitrogens with zero attached hydrogens (tertiary/aromatic N) is 5. The normalized spacial score (nSPS) is 20.1. The second kappa shape index (κ2) is 39.2. The lowest BCUT2D eigenvalue weighted by atomic mass is 9.87. The van der Waals surface area contributed by atoms with Gasteiger partial charge in [0.2, 0.25) is 23.3 Å². The zero-order valence-corrected chi connectivity index (χ0v) is 47.0. The molecule has 0 aromatic carbocycles. The van der Waals surface area contributed by atoms with Crippen molar-refractivity contribution >= 4 is 47.9 Å². The van der Waals surface area contributed by atoms with Crippen LogP contribution in [0.15, 0.2) is 33.7 Å². The minimum atomic E-state index is -1.84. The number of nitrogens with one attached hydrogen (secondary N) is 1. The Morgan fingerprint density at radius 3 is 1.47 bits per heavy atom. The van der Waals surface area contributed by atoms with Gasteiger partial charge in [0.25, 0.3) is 0 Å². The quantitative estimate of drug-likeness (QED) is 0.0170. The first-order chi connectivity index (χ1) is 38.6. The fourth-order valence-electron chi connectivity index (χ4n) is 8.25. The van der Waals surface area contributed by atoms with Crippen LogP contribution in [0.1, 0.15) is 66.7 Å². The summed E-state index contributed by atoms with van der Waals surface area (Å²) in [5.74, 6) is -6.64. The Labute approximate surface area is 471 Å². The van der Waals surface area contributed by atoms with Crippen LogP contribution < -0.4 is 28.3 Å². The number of hydrogen-bond acceptors (Lipinski definition) is 21. The van der Waals surface area contributed by atoms with Crippen LogP contribution in [0.2, 0.25) is 0 Å². The SMILES string of the molecule is CCCOCCOCCOCCCCCC(=O)N(CCOCCN(CC)C(=O)O[C@@H]([C@@H]1OC(C(=O)O)=C[C@H](N=C(N)N)[C@H]1C)[C@H](O)CO)CCOCCN(CC)C(=O)O[C@@H]([C@@H]1OC(C(=O)O)=C[C@H](N=C(N)N)[C@H]1NC(C)=O)[C@H](O)CO. The fraction of sp³-hybridized carbons (Fsp3) is 0.760. The summed E-state index contributed by atoms with van der Waals surface area (Å²) >= 11 is 0. The van der Waals surface area contributed by atoms with Gasteiger partial charge in [0, 0.05) is 71.7 Å². The van der Waals surface area contributed by atoms with Gasteiger partial charge >= 0.3 is 24.1 Å². The third-order valence-electron chi connectivity index (χ3n) is 12.5. The number of rotatable bonds is 41. The number of carboxylic acids is 2. The number of amides is 4. The first-order valence-corrected chi connectivity index (χ1v) is 27.0. The third kappa shape index (κ3) is 26.0. The second-order valence-electron chi connectivity index (χ2n) is 18.6. The van der Waals surface area contributed by atoms with Crippen molar-refractivity contribution in [3.8, 4) is 0 Å². The van der Waals surface area contributed by atoms with Crippen LogP contribution in [-0.4, -0.2) is 266 Å². The second-order valence-corrected chi connectivity index (χ2v) is 18.6. The predicted octanol–water partition coefficient (Wildman–Crippen LogP) is -2.61. The van der Waals surface area contributed by atoms with Crippen LogP contribution in [0.3, 0.4) is 0 Å². The maximum absolute atomic E-state index is 13.6. The molecule has 0 saturated carbocycles. The van der Waals surface area contributed by atoms with Crippen molar-refractivity contribution < 1.29 is 102 Å². The number of ether oxygens (including phenoxy) is 9. The van der Waals surface area contributed by atoms with E-state index in [-0.39, 0.29) is 84.0 Å². The molecular formula is C50H88N10O21. The largest absolute Gasteiger partial charge is 0.479 e. The number of carbonyl (C=O) groups excluding carboxylic acids is 4. The Morgan fingerprint density at radius 2 is 1.02 bits per heavy atom. The number of carbonyl (C=O) groups is 6. The number of aliphatic imine (C=N–C) groups is 2. The van der Waals surface area contributed by atoms with E-state index in [1.807, 2.05) is 6.92 Å². The highest BCUT2D eigenvalue weighted by atomic mass is 16.6. The van der Waals surface area contributed by atoms with E-state index in [1.165, 1.54) is 15.9 Å². The van der Waals surface area contributed by atoms with Crippen LogP contribution in [0.25, 0.3) is 0 Å². The van der Waals surface area contributed by atoms with Gasteiger partial charge in [-0.05, 0) is 45.3 Å². The number of carboxylic acid groups (broad SMARTS) is 2. The minimum absolute atomic E-state index is 0.00567. The highest BCUT2D eigenvalue weighted by molar-refractivity contribution is 5.86. The number of guanidine groups is 2. The number of unbranched alkanes of at least 4 members (excludes halogenated alkanes) is 2. The molecule has 4 amide bonds. The first kappa shape index (κ1) is 70.8. The van der Waals surface area contributed by atoms with Gasteiger partial charge in [0.15, 0.2) is 30.2 Å². The van der Waals surface area contributed by atoms with E-state index in [9.17, 15) is 59.4 Å². The van der Waals surface area contributed by atoms with Gasteiger partial charge in [-0.15, -0.1) is 0 Å². The van der Waals surface area contributed by atoms with Crippen molar-refractivity contribution in [3.05, 3.63) is 23.7 Å². The van der Waals surface area contributed by atoms with Crippen LogP contribution in [0.4, 0.5) is 9.59 Å². The number of hydrogen-bond donors (Lipinski definition) is 11. The smallest absolute Gasteiger partial charge is 0.410 e. The number of likely N-dealkylation sites (N-methyl/N-ethyl adjacent to an activating group) is 2. The van der Waals surface area contributed by atoms with Crippen LogP contribution in [-0.2, 0) is 61.8 Å². The molecule has 0 spiro atoms. The summed E-state index contributed by atoms with van der Waals surface area (Å²) in [5, 5.41) is 63.5. The summed E-state index contributed by atoms with van der Waals surface area (Å²) < 4.78 is 50.8. The Kier molecular flexibility index (Phi) is 34.2. The molecule has 0 aromatic rings. The lowest BCUT2D eigenvalue weighted by molar-refractivity contribution is -0.148. The van der Waals surface area contributed by atoms with Crippen molar-refractivity contribution in [2.24, 2.45) is 38.8 Å². The van der Waals surface area contributed by atoms with Gasteiger partial charge in [-0.2, -0.15) is 0 Å². The van der Waals surface area contributed by atoms with E-state index in [2.05, 4.69) is 15.3 Å². The van der Waals surface area contributed by atoms with Gasteiger partial charge < -0.3 is 116 Å². The van der Waals surface area contributed by atoms with Gasteiger partial charge in [0.1, 0.15) is 18.3 Å². The van der Waals surface area contributed by atoms with Gasteiger partial charge in [-0.3, -0.25) is 9.59 Å². The molecule has 2 aliphatic heterocycles.